The molecule has 2 unspecified atom stereocenters. The van der Waals surface area contributed by atoms with Crippen LogP contribution in [-0.2, 0) is 9.47 Å². The molecule has 0 aliphatic carbocycles. The Kier molecular flexibility index (Phi) is 2.16. The average molecular weight is 160 g/mol. The lowest BCUT2D eigenvalue weighted by atomic mass is 10.2. The molecule has 2 saturated heterocycles. The molecule has 2 fully saturated rings. The van der Waals surface area contributed by atoms with Crippen LogP contribution >= 0.6 is 11.8 Å². The lowest BCUT2D eigenvalue weighted by Gasteiger charge is -2.15. The summed E-state index contributed by atoms with van der Waals surface area (Å²) < 4.78 is 10.9. The largest absolute Gasteiger partial charge is 0.378 e. The maximum atomic E-state index is 5.53. The first-order chi connectivity index (χ1) is 4.95. The molecule has 2 aliphatic rings. The highest BCUT2D eigenvalue weighted by molar-refractivity contribution is 8.00. The fourth-order valence-corrected chi connectivity index (χ4v) is 2.66. The highest BCUT2D eigenvalue weighted by Gasteiger charge is 2.27. The van der Waals surface area contributed by atoms with Crippen LogP contribution in [0.25, 0.3) is 0 Å². The molecule has 0 amide bonds. The molecule has 2 heterocycles. The smallest absolute Gasteiger partial charge is 0.0704 e. The van der Waals surface area contributed by atoms with Crippen LogP contribution in [0.2, 0.25) is 0 Å². The molecule has 0 spiro atoms. The summed E-state index contributed by atoms with van der Waals surface area (Å²) in [6, 6.07) is 0. The van der Waals surface area contributed by atoms with E-state index in [2.05, 4.69) is 0 Å². The van der Waals surface area contributed by atoms with Gasteiger partial charge in [-0.05, 0) is 6.42 Å². The zero-order valence-electron chi connectivity index (χ0n) is 5.91. The quantitative estimate of drug-likeness (QED) is 0.524. The van der Waals surface area contributed by atoms with Crippen LogP contribution in [0.5, 0.6) is 0 Å². The van der Waals surface area contributed by atoms with Crippen LogP contribution < -0.4 is 0 Å². The summed E-state index contributed by atoms with van der Waals surface area (Å²) in [5.74, 6) is 1.17. The second-order valence-corrected chi connectivity index (χ2v) is 4.09. The first kappa shape index (κ1) is 6.95. The molecule has 2 rings (SSSR count). The van der Waals surface area contributed by atoms with Crippen molar-refractivity contribution in [3.05, 3.63) is 0 Å². The Hall–Kier alpha value is 0.270. The Morgan fingerprint density at radius 2 is 2.30 bits per heavy atom. The number of rotatable bonds is 0. The van der Waals surface area contributed by atoms with Crippen molar-refractivity contribution < 1.29 is 9.47 Å². The van der Waals surface area contributed by atoms with E-state index >= 15 is 0 Å². The van der Waals surface area contributed by atoms with E-state index in [1.807, 2.05) is 11.8 Å². The van der Waals surface area contributed by atoms with Gasteiger partial charge in [-0.3, -0.25) is 0 Å². The van der Waals surface area contributed by atoms with Gasteiger partial charge < -0.3 is 9.47 Å². The molecule has 0 saturated carbocycles. The maximum Gasteiger partial charge on any atom is 0.0704 e. The minimum Gasteiger partial charge on any atom is -0.378 e. The summed E-state index contributed by atoms with van der Waals surface area (Å²) >= 11 is 1.99. The molecule has 2 nitrogen and oxygen atoms in total. The predicted molar refractivity (Wildman–Crippen MR) is 41.4 cm³/mol. The molecule has 2 aliphatic heterocycles. The standard InChI is InChI=1S/C7H12O2S/c1-2-9-6-3-7(4-8-1)10-5-6/h6-7H,1-5H2. The summed E-state index contributed by atoms with van der Waals surface area (Å²) in [5, 5.41) is 0.713. The van der Waals surface area contributed by atoms with Gasteiger partial charge in [-0.2, -0.15) is 11.8 Å². The SMILES string of the molecule is C1COC2CSC(CO1)C2. The summed E-state index contributed by atoms with van der Waals surface area (Å²) in [7, 11) is 0. The molecule has 0 aromatic rings. The van der Waals surface area contributed by atoms with Gasteiger partial charge in [-0.15, -0.1) is 0 Å². The van der Waals surface area contributed by atoms with Gasteiger partial charge in [0.1, 0.15) is 0 Å². The van der Waals surface area contributed by atoms with Crippen LogP contribution in [-0.4, -0.2) is 36.9 Å². The normalized spacial score (nSPS) is 40.8. The Morgan fingerprint density at radius 3 is 3.30 bits per heavy atom. The molecule has 58 valence electrons. The van der Waals surface area contributed by atoms with Gasteiger partial charge in [0.05, 0.1) is 25.9 Å². The molecule has 0 aromatic carbocycles. The monoisotopic (exact) mass is 160 g/mol. The zero-order chi connectivity index (χ0) is 6.81. The van der Waals surface area contributed by atoms with Crippen LogP contribution in [0.4, 0.5) is 0 Å². The van der Waals surface area contributed by atoms with Crippen molar-refractivity contribution in [2.24, 2.45) is 0 Å². The third-order valence-electron chi connectivity index (χ3n) is 1.93. The molecule has 0 N–H and O–H groups in total. The van der Waals surface area contributed by atoms with Crippen LogP contribution in [0.15, 0.2) is 0 Å². The number of thioether (sulfide) groups is 1. The van der Waals surface area contributed by atoms with E-state index < -0.39 is 0 Å². The van der Waals surface area contributed by atoms with E-state index in [-0.39, 0.29) is 0 Å². The van der Waals surface area contributed by atoms with Crippen molar-refractivity contribution >= 4 is 11.8 Å². The van der Waals surface area contributed by atoms with Gasteiger partial charge in [-0.25, -0.2) is 0 Å². The van der Waals surface area contributed by atoms with E-state index in [0.29, 0.717) is 11.4 Å². The van der Waals surface area contributed by atoms with E-state index in [1.165, 1.54) is 12.2 Å². The molecular formula is C7H12O2S. The third-order valence-corrected chi connectivity index (χ3v) is 3.29. The Morgan fingerprint density at radius 1 is 1.30 bits per heavy atom. The minimum atomic E-state index is 0.527. The van der Waals surface area contributed by atoms with Gasteiger partial charge in [0.2, 0.25) is 0 Å². The summed E-state index contributed by atoms with van der Waals surface area (Å²) in [5.41, 5.74) is 0. The highest BCUT2D eigenvalue weighted by Crippen LogP contribution is 2.29. The molecule has 0 aromatic heterocycles. The molecule has 3 heteroatoms. The van der Waals surface area contributed by atoms with Crippen LogP contribution in [0, 0.1) is 0 Å². The minimum absolute atomic E-state index is 0.527. The van der Waals surface area contributed by atoms with E-state index in [0.717, 1.165) is 19.8 Å². The highest BCUT2D eigenvalue weighted by atomic mass is 32.2. The fourth-order valence-electron chi connectivity index (χ4n) is 1.39. The van der Waals surface area contributed by atoms with Gasteiger partial charge in [0.15, 0.2) is 0 Å². The lowest BCUT2D eigenvalue weighted by molar-refractivity contribution is -0.00631. The molecule has 10 heavy (non-hydrogen) atoms. The van der Waals surface area contributed by atoms with Gasteiger partial charge in [0, 0.05) is 11.0 Å². The van der Waals surface area contributed by atoms with E-state index in [9.17, 15) is 0 Å². The van der Waals surface area contributed by atoms with Gasteiger partial charge in [0.25, 0.3) is 0 Å². The van der Waals surface area contributed by atoms with Crippen molar-refractivity contribution in [3.8, 4) is 0 Å². The second kappa shape index (κ2) is 3.11. The van der Waals surface area contributed by atoms with Crippen molar-refractivity contribution in [2.75, 3.05) is 25.6 Å². The zero-order valence-corrected chi connectivity index (χ0v) is 6.73. The first-order valence-corrected chi connectivity index (χ1v) is 4.81. The van der Waals surface area contributed by atoms with Gasteiger partial charge >= 0.3 is 0 Å². The lowest BCUT2D eigenvalue weighted by Crippen LogP contribution is -2.22. The summed E-state index contributed by atoms with van der Waals surface area (Å²) in [6.45, 7) is 2.51. The van der Waals surface area contributed by atoms with Gasteiger partial charge in [-0.1, -0.05) is 0 Å². The van der Waals surface area contributed by atoms with E-state index in [1.54, 1.807) is 0 Å². The average Bonchev–Trinajstić information content (AvgIpc) is 2.30. The summed E-state index contributed by atoms with van der Waals surface area (Å²) in [4.78, 5) is 0. The Labute approximate surface area is 65.3 Å². The third kappa shape index (κ3) is 1.47. The number of hydrogen-bond donors (Lipinski definition) is 0. The Balaban J connectivity index is 1.91. The fraction of sp³-hybridized carbons (Fsp3) is 1.00. The molecule has 0 radical (unpaired) electrons. The predicted octanol–water partition coefficient (Wildman–Crippen LogP) is 0.907. The van der Waals surface area contributed by atoms with Crippen LogP contribution in [0.1, 0.15) is 6.42 Å². The number of ether oxygens (including phenoxy) is 2. The van der Waals surface area contributed by atoms with Crippen LogP contribution in [0.3, 0.4) is 0 Å². The topological polar surface area (TPSA) is 18.5 Å². The molecule has 2 bridgehead atoms. The first-order valence-electron chi connectivity index (χ1n) is 3.76. The molecule has 2 atom stereocenters. The Bertz CT molecular complexity index is 106. The number of fused-ring (bicyclic) bond motifs is 2. The van der Waals surface area contributed by atoms with Crippen molar-refractivity contribution in [3.63, 3.8) is 0 Å². The van der Waals surface area contributed by atoms with Crippen molar-refractivity contribution in [1.82, 2.24) is 0 Å². The maximum absolute atomic E-state index is 5.53. The summed E-state index contributed by atoms with van der Waals surface area (Å²) in [6.07, 6.45) is 1.73. The number of hydrogen-bond acceptors (Lipinski definition) is 3. The van der Waals surface area contributed by atoms with E-state index in [4.69, 9.17) is 9.47 Å². The second-order valence-electron chi connectivity index (χ2n) is 2.76. The van der Waals surface area contributed by atoms with Crippen molar-refractivity contribution in [1.29, 1.82) is 0 Å². The van der Waals surface area contributed by atoms with Crippen molar-refractivity contribution in [2.45, 2.75) is 17.8 Å². The molecular weight excluding hydrogens is 148 g/mol.